The van der Waals surface area contributed by atoms with Crippen molar-refractivity contribution in [2.75, 3.05) is 11.9 Å². The van der Waals surface area contributed by atoms with Crippen LogP contribution in [-0.4, -0.2) is 11.2 Å². The zero-order valence-corrected chi connectivity index (χ0v) is 18.8. The molecule has 2 heterocycles. The first-order valence-corrected chi connectivity index (χ1v) is 12.0. The number of benzene rings is 3. The number of aryl methyl sites for hydroxylation is 1. The number of nitrogens with one attached hydrogen (secondary N) is 1. The number of fused-ring (bicyclic) bond motifs is 6. The van der Waals surface area contributed by atoms with E-state index in [9.17, 15) is 0 Å². The van der Waals surface area contributed by atoms with Gasteiger partial charge in [0.15, 0.2) is 0 Å². The van der Waals surface area contributed by atoms with Gasteiger partial charge in [0, 0.05) is 40.0 Å². The van der Waals surface area contributed by atoms with Crippen molar-refractivity contribution in [2.45, 2.75) is 45.2 Å². The van der Waals surface area contributed by atoms with Crippen LogP contribution >= 0.6 is 0 Å². The van der Waals surface area contributed by atoms with E-state index in [-0.39, 0.29) is 0 Å². The molecule has 1 aliphatic carbocycles. The second-order valence-corrected chi connectivity index (χ2v) is 9.11. The molecular formula is C29H30N2O. The molecule has 6 rings (SSSR count). The van der Waals surface area contributed by atoms with Gasteiger partial charge in [-0.15, -0.1) is 0 Å². The van der Waals surface area contributed by atoms with E-state index in [4.69, 9.17) is 4.74 Å². The minimum atomic E-state index is 0.304. The molecule has 2 aliphatic rings. The van der Waals surface area contributed by atoms with E-state index >= 15 is 0 Å². The van der Waals surface area contributed by atoms with Gasteiger partial charge < -0.3 is 14.6 Å². The Morgan fingerprint density at radius 1 is 0.969 bits per heavy atom. The lowest BCUT2D eigenvalue weighted by molar-refractivity contribution is 0.316. The van der Waals surface area contributed by atoms with Crippen molar-refractivity contribution in [3.63, 3.8) is 0 Å². The van der Waals surface area contributed by atoms with Gasteiger partial charge in [-0.05, 0) is 73.2 Å². The minimum Gasteiger partial charge on any atom is -0.494 e. The molecule has 3 aromatic carbocycles. The molecule has 0 fully saturated rings. The van der Waals surface area contributed by atoms with Crippen LogP contribution in [0.15, 0.2) is 72.8 Å². The monoisotopic (exact) mass is 422 g/mol. The molecule has 0 spiro atoms. The molecule has 0 saturated heterocycles. The van der Waals surface area contributed by atoms with Crippen molar-refractivity contribution >= 4 is 27.5 Å². The highest BCUT2D eigenvalue weighted by atomic mass is 16.5. The Labute approximate surface area is 189 Å². The largest absolute Gasteiger partial charge is 0.494 e. The van der Waals surface area contributed by atoms with Crippen molar-refractivity contribution < 1.29 is 4.74 Å². The van der Waals surface area contributed by atoms with E-state index in [1.165, 1.54) is 38.6 Å². The standard InChI is InChI=1S/C29H30N2O/c1-3-16-32-20-13-14-26-24(18-20)21-9-7-10-23(21)29(30-26)19-12-15-28-25(17-19)22-8-5-6-11-27(22)31(28)4-2/h5-9,11-15,17-18,21,23,29-30H,3-4,10,16H2,1-2H3. The normalized spacial score (nSPS) is 21.5. The zero-order valence-electron chi connectivity index (χ0n) is 18.8. The van der Waals surface area contributed by atoms with Crippen LogP contribution in [0.25, 0.3) is 21.8 Å². The molecule has 0 amide bonds. The van der Waals surface area contributed by atoms with Crippen LogP contribution in [0, 0.1) is 5.92 Å². The predicted octanol–water partition coefficient (Wildman–Crippen LogP) is 7.43. The van der Waals surface area contributed by atoms with Crippen molar-refractivity contribution in [1.82, 2.24) is 4.57 Å². The average Bonchev–Trinajstić information content (AvgIpc) is 3.45. The van der Waals surface area contributed by atoms with Crippen LogP contribution in [0.5, 0.6) is 5.75 Å². The predicted molar refractivity (Wildman–Crippen MR) is 134 cm³/mol. The number of aromatic nitrogens is 1. The van der Waals surface area contributed by atoms with Crippen molar-refractivity contribution in [1.29, 1.82) is 0 Å². The maximum absolute atomic E-state index is 5.93. The first-order chi connectivity index (χ1) is 15.8. The maximum atomic E-state index is 5.93. The van der Waals surface area contributed by atoms with E-state index in [0.717, 1.165) is 31.7 Å². The fourth-order valence-electron chi connectivity index (χ4n) is 5.82. The van der Waals surface area contributed by atoms with Gasteiger partial charge >= 0.3 is 0 Å². The summed E-state index contributed by atoms with van der Waals surface area (Å²) in [7, 11) is 0. The summed E-state index contributed by atoms with van der Waals surface area (Å²) in [5.41, 5.74) is 6.64. The summed E-state index contributed by atoms with van der Waals surface area (Å²) < 4.78 is 8.36. The highest BCUT2D eigenvalue weighted by Crippen LogP contribution is 2.51. The molecule has 32 heavy (non-hydrogen) atoms. The Bertz CT molecular complexity index is 1330. The number of ether oxygens (including phenoxy) is 1. The zero-order chi connectivity index (χ0) is 21.7. The van der Waals surface area contributed by atoms with Gasteiger partial charge in [-0.1, -0.05) is 43.3 Å². The topological polar surface area (TPSA) is 26.2 Å². The fraction of sp³-hybridized carbons (Fsp3) is 0.310. The van der Waals surface area contributed by atoms with Crippen molar-refractivity contribution in [3.05, 3.63) is 83.9 Å². The molecular weight excluding hydrogens is 392 g/mol. The number of nitrogens with zero attached hydrogens (tertiary/aromatic N) is 1. The van der Waals surface area contributed by atoms with Gasteiger partial charge in [0.2, 0.25) is 0 Å². The lowest BCUT2D eigenvalue weighted by atomic mass is 9.77. The second-order valence-electron chi connectivity index (χ2n) is 9.11. The van der Waals surface area contributed by atoms with Gasteiger partial charge in [0.05, 0.1) is 12.6 Å². The van der Waals surface area contributed by atoms with E-state index in [0.29, 0.717) is 17.9 Å². The number of rotatable bonds is 5. The van der Waals surface area contributed by atoms with E-state index < -0.39 is 0 Å². The van der Waals surface area contributed by atoms with Gasteiger partial charge in [-0.2, -0.15) is 0 Å². The van der Waals surface area contributed by atoms with Gasteiger partial charge in [-0.25, -0.2) is 0 Å². The van der Waals surface area contributed by atoms with Crippen LogP contribution in [0.2, 0.25) is 0 Å². The van der Waals surface area contributed by atoms with E-state index in [2.05, 4.69) is 96.5 Å². The first-order valence-electron chi connectivity index (χ1n) is 12.0. The van der Waals surface area contributed by atoms with Crippen LogP contribution < -0.4 is 10.1 Å². The lowest BCUT2D eigenvalue weighted by Crippen LogP contribution is -2.29. The Morgan fingerprint density at radius 2 is 1.84 bits per heavy atom. The molecule has 3 heteroatoms. The molecule has 3 atom stereocenters. The molecule has 4 aromatic rings. The molecule has 1 N–H and O–H groups in total. The number of allylic oxidation sites excluding steroid dienone is 2. The van der Waals surface area contributed by atoms with Crippen LogP contribution in [0.1, 0.15) is 49.8 Å². The lowest BCUT2D eigenvalue weighted by Gasteiger charge is -2.37. The van der Waals surface area contributed by atoms with Crippen LogP contribution in [0.4, 0.5) is 5.69 Å². The summed E-state index contributed by atoms with van der Waals surface area (Å²) in [4.78, 5) is 0. The highest BCUT2D eigenvalue weighted by molar-refractivity contribution is 6.08. The first kappa shape index (κ1) is 19.5. The third kappa shape index (κ3) is 2.95. The smallest absolute Gasteiger partial charge is 0.119 e. The average molecular weight is 423 g/mol. The molecule has 0 saturated carbocycles. The summed E-state index contributed by atoms with van der Waals surface area (Å²) in [5.74, 6) is 1.95. The second kappa shape index (κ2) is 7.74. The van der Waals surface area contributed by atoms with Gasteiger partial charge in [-0.3, -0.25) is 0 Å². The Morgan fingerprint density at radius 3 is 2.72 bits per heavy atom. The van der Waals surface area contributed by atoms with Crippen molar-refractivity contribution in [2.24, 2.45) is 5.92 Å². The Kier molecular flexibility index (Phi) is 4.71. The molecule has 0 radical (unpaired) electrons. The summed E-state index contributed by atoms with van der Waals surface area (Å²) in [6.07, 6.45) is 6.90. The molecule has 1 aromatic heterocycles. The van der Waals surface area contributed by atoms with Crippen LogP contribution in [-0.2, 0) is 6.54 Å². The van der Waals surface area contributed by atoms with Gasteiger partial charge in [0.25, 0.3) is 0 Å². The SMILES string of the molecule is CCCOc1ccc2c(c1)C1C=CCC1C(c1ccc3c(c1)c1ccccc1n3CC)N2. The summed E-state index contributed by atoms with van der Waals surface area (Å²) in [5, 5.41) is 6.61. The Balaban J connectivity index is 1.43. The van der Waals surface area contributed by atoms with Gasteiger partial charge in [0.1, 0.15) is 5.75 Å². The number of para-hydroxylation sites is 1. The highest BCUT2D eigenvalue weighted by Gasteiger charge is 2.38. The molecule has 3 nitrogen and oxygen atoms in total. The third-order valence-corrected chi connectivity index (χ3v) is 7.28. The number of anilines is 1. The third-order valence-electron chi connectivity index (χ3n) is 7.28. The van der Waals surface area contributed by atoms with E-state index in [1.54, 1.807) is 0 Å². The number of hydrogen-bond acceptors (Lipinski definition) is 2. The molecule has 1 aliphatic heterocycles. The quantitative estimate of drug-likeness (QED) is 0.338. The summed E-state index contributed by atoms with van der Waals surface area (Å²) >= 11 is 0. The summed E-state index contributed by atoms with van der Waals surface area (Å²) in [6.45, 7) is 6.13. The Hall–Kier alpha value is -3.20. The molecule has 162 valence electrons. The maximum Gasteiger partial charge on any atom is 0.119 e. The number of hydrogen-bond donors (Lipinski definition) is 1. The van der Waals surface area contributed by atoms with Crippen molar-refractivity contribution in [3.8, 4) is 5.75 Å². The van der Waals surface area contributed by atoms with E-state index in [1.807, 2.05) is 0 Å². The molecule has 3 unspecified atom stereocenters. The van der Waals surface area contributed by atoms with Crippen LogP contribution in [0.3, 0.4) is 0 Å². The minimum absolute atomic E-state index is 0.304. The fourth-order valence-corrected chi connectivity index (χ4v) is 5.82. The molecule has 0 bridgehead atoms. The summed E-state index contributed by atoms with van der Waals surface area (Å²) in [6, 6.07) is 22.7.